The average Bonchev–Trinajstić information content (AvgIpc) is 3.05. The molecule has 1 saturated heterocycles. The number of nitrogens with one attached hydrogen (secondary N) is 1. The first-order valence-electron chi connectivity index (χ1n) is 10.4. The van der Waals surface area contributed by atoms with Crippen molar-refractivity contribution in [1.82, 2.24) is 25.0 Å². The number of fused-ring (bicyclic) bond motifs is 1. The Balaban J connectivity index is 1.31. The van der Waals surface area contributed by atoms with Crippen molar-refractivity contribution in [2.24, 2.45) is 11.3 Å². The van der Waals surface area contributed by atoms with Crippen LogP contribution in [-0.2, 0) is 17.9 Å². The van der Waals surface area contributed by atoms with Gasteiger partial charge in [-0.3, -0.25) is 4.79 Å². The number of likely N-dealkylation sites (tertiary alicyclic amines) is 1. The van der Waals surface area contributed by atoms with Crippen LogP contribution >= 0.6 is 0 Å². The van der Waals surface area contributed by atoms with Gasteiger partial charge in [0.25, 0.3) is 0 Å². The number of nitrogens with zero attached hydrogens (tertiary/aromatic N) is 4. The molecule has 0 spiro atoms. The fraction of sp³-hybridized carbons (Fsp3) is 0.850. The smallest absolute Gasteiger partial charge is 0.222 e. The molecule has 6 heteroatoms. The molecule has 6 nitrogen and oxygen atoms in total. The van der Waals surface area contributed by atoms with Crippen LogP contribution in [-0.4, -0.2) is 45.2 Å². The molecule has 144 valence electrons. The lowest BCUT2D eigenvalue weighted by atomic mass is 9.71. The van der Waals surface area contributed by atoms with Crippen molar-refractivity contribution in [2.75, 3.05) is 19.6 Å². The van der Waals surface area contributed by atoms with Crippen molar-refractivity contribution in [1.29, 1.82) is 0 Å². The molecule has 1 atom stereocenters. The van der Waals surface area contributed by atoms with Crippen molar-refractivity contribution >= 4 is 5.91 Å². The molecule has 1 amide bonds. The van der Waals surface area contributed by atoms with Gasteiger partial charge in [0.05, 0.1) is 6.54 Å². The number of carbonyl (C=O) groups excluding carboxylic acids is 1. The molecule has 1 unspecified atom stereocenters. The largest absolute Gasteiger partial charge is 0.343 e. The van der Waals surface area contributed by atoms with Crippen LogP contribution in [0.15, 0.2) is 0 Å². The summed E-state index contributed by atoms with van der Waals surface area (Å²) in [4.78, 5) is 14.9. The van der Waals surface area contributed by atoms with Gasteiger partial charge in [-0.2, -0.15) is 0 Å². The number of carbonyl (C=O) groups is 1. The minimum atomic E-state index is 0.374. The van der Waals surface area contributed by atoms with Crippen molar-refractivity contribution in [3.8, 4) is 0 Å². The average molecular weight is 360 g/mol. The van der Waals surface area contributed by atoms with Crippen molar-refractivity contribution in [2.45, 2.75) is 77.8 Å². The number of rotatable bonds is 3. The van der Waals surface area contributed by atoms with E-state index < -0.39 is 0 Å². The summed E-state index contributed by atoms with van der Waals surface area (Å²) in [6.45, 7) is 9.23. The molecule has 26 heavy (non-hydrogen) atoms. The van der Waals surface area contributed by atoms with Gasteiger partial charge in [0, 0.05) is 38.5 Å². The van der Waals surface area contributed by atoms with E-state index in [1.807, 2.05) is 0 Å². The summed E-state index contributed by atoms with van der Waals surface area (Å²) >= 11 is 0. The summed E-state index contributed by atoms with van der Waals surface area (Å²) in [6, 6.07) is 0. The SMILES string of the molecule is CC1(C)CCCC(CC(=O)N2CCC(c3nnc4n3CCNC4)CC2)C1. The highest BCUT2D eigenvalue weighted by atomic mass is 16.2. The second kappa shape index (κ2) is 7.29. The van der Waals surface area contributed by atoms with Crippen LogP contribution in [0.25, 0.3) is 0 Å². The van der Waals surface area contributed by atoms with E-state index in [-0.39, 0.29) is 0 Å². The summed E-state index contributed by atoms with van der Waals surface area (Å²) in [5, 5.41) is 12.2. The van der Waals surface area contributed by atoms with E-state index in [2.05, 4.69) is 38.8 Å². The van der Waals surface area contributed by atoms with Gasteiger partial charge in [-0.1, -0.05) is 20.3 Å². The molecule has 2 fully saturated rings. The van der Waals surface area contributed by atoms with Gasteiger partial charge in [-0.05, 0) is 43.4 Å². The molecular weight excluding hydrogens is 326 g/mol. The maximum Gasteiger partial charge on any atom is 0.222 e. The van der Waals surface area contributed by atoms with Crippen LogP contribution in [0.1, 0.15) is 76.4 Å². The Kier molecular flexibility index (Phi) is 5.04. The summed E-state index contributed by atoms with van der Waals surface area (Å²) < 4.78 is 2.29. The Morgan fingerprint density at radius 1 is 1.19 bits per heavy atom. The quantitative estimate of drug-likeness (QED) is 0.901. The van der Waals surface area contributed by atoms with Crippen molar-refractivity contribution < 1.29 is 4.79 Å². The Hall–Kier alpha value is -1.43. The minimum Gasteiger partial charge on any atom is -0.343 e. The third-order valence-electron chi connectivity index (χ3n) is 6.63. The van der Waals surface area contributed by atoms with E-state index in [0.29, 0.717) is 23.2 Å². The Labute approximate surface area is 156 Å². The van der Waals surface area contributed by atoms with Gasteiger partial charge in [0.15, 0.2) is 0 Å². The van der Waals surface area contributed by atoms with Crippen molar-refractivity contribution in [3.05, 3.63) is 11.6 Å². The molecule has 1 aliphatic carbocycles. The zero-order chi connectivity index (χ0) is 18.1. The first-order chi connectivity index (χ1) is 12.5. The van der Waals surface area contributed by atoms with Crippen molar-refractivity contribution in [3.63, 3.8) is 0 Å². The van der Waals surface area contributed by atoms with E-state index in [1.165, 1.54) is 25.7 Å². The molecule has 0 bridgehead atoms. The highest BCUT2D eigenvalue weighted by Crippen LogP contribution is 2.40. The monoisotopic (exact) mass is 359 g/mol. The first kappa shape index (κ1) is 18.0. The number of amides is 1. The van der Waals surface area contributed by atoms with Crippen LogP contribution in [0.3, 0.4) is 0 Å². The van der Waals surface area contributed by atoms with Crippen LogP contribution in [0, 0.1) is 11.3 Å². The van der Waals surface area contributed by atoms with E-state index in [0.717, 1.165) is 63.6 Å². The molecule has 0 aromatic carbocycles. The van der Waals surface area contributed by atoms with Gasteiger partial charge in [0.2, 0.25) is 5.91 Å². The number of aromatic nitrogens is 3. The second-order valence-corrected chi connectivity index (χ2v) is 9.29. The molecule has 2 aliphatic heterocycles. The summed E-state index contributed by atoms with van der Waals surface area (Å²) in [7, 11) is 0. The zero-order valence-electron chi connectivity index (χ0n) is 16.3. The fourth-order valence-electron chi connectivity index (χ4n) is 5.21. The molecule has 3 heterocycles. The highest BCUT2D eigenvalue weighted by Gasteiger charge is 2.32. The summed E-state index contributed by atoms with van der Waals surface area (Å²) in [6.07, 6.45) is 7.81. The van der Waals surface area contributed by atoms with E-state index >= 15 is 0 Å². The maximum atomic E-state index is 12.8. The van der Waals surface area contributed by atoms with Crippen LogP contribution in [0.4, 0.5) is 0 Å². The normalized spacial score (nSPS) is 26.5. The lowest BCUT2D eigenvalue weighted by molar-refractivity contribution is -0.133. The molecule has 3 aliphatic rings. The van der Waals surface area contributed by atoms with Crippen LogP contribution < -0.4 is 5.32 Å². The lowest BCUT2D eigenvalue weighted by Gasteiger charge is -2.37. The lowest BCUT2D eigenvalue weighted by Crippen LogP contribution is -2.40. The van der Waals surface area contributed by atoms with Gasteiger partial charge in [-0.25, -0.2) is 0 Å². The molecule has 1 saturated carbocycles. The van der Waals surface area contributed by atoms with Crippen LogP contribution in [0.2, 0.25) is 0 Å². The predicted molar refractivity (Wildman–Crippen MR) is 101 cm³/mol. The standard InChI is InChI=1S/C20H33N5O/c1-20(2)7-3-4-15(13-20)12-18(26)24-9-5-16(6-10-24)19-23-22-17-14-21-8-11-25(17)19/h15-16,21H,3-14H2,1-2H3. The Bertz CT molecular complexity index is 645. The maximum absolute atomic E-state index is 12.8. The number of piperidine rings is 1. The zero-order valence-corrected chi connectivity index (χ0v) is 16.3. The number of hydrogen-bond donors (Lipinski definition) is 1. The Morgan fingerprint density at radius 2 is 2.00 bits per heavy atom. The molecule has 4 rings (SSSR count). The highest BCUT2D eigenvalue weighted by molar-refractivity contribution is 5.76. The first-order valence-corrected chi connectivity index (χ1v) is 10.4. The molecule has 1 aromatic rings. The Morgan fingerprint density at radius 3 is 2.77 bits per heavy atom. The van der Waals surface area contributed by atoms with Gasteiger partial charge < -0.3 is 14.8 Å². The number of hydrogen-bond acceptors (Lipinski definition) is 4. The molecular formula is C20H33N5O. The third kappa shape index (κ3) is 3.80. The second-order valence-electron chi connectivity index (χ2n) is 9.29. The van der Waals surface area contributed by atoms with E-state index in [1.54, 1.807) is 0 Å². The molecule has 1 aromatic heterocycles. The predicted octanol–water partition coefficient (Wildman–Crippen LogP) is 2.69. The molecule has 1 N–H and O–H groups in total. The topological polar surface area (TPSA) is 63.1 Å². The summed E-state index contributed by atoms with van der Waals surface area (Å²) in [5.41, 5.74) is 0.414. The van der Waals surface area contributed by atoms with E-state index in [4.69, 9.17) is 0 Å². The molecule has 0 radical (unpaired) electrons. The van der Waals surface area contributed by atoms with Gasteiger partial charge >= 0.3 is 0 Å². The third-order valence-corrected chi connectivity index (χ3v) is 6.63. The van der Waals surface area contributed by atoms with Crippen LogP contribution in [0.5, 0.6) is 0 Å². The van der Waals surface area contributed by atoms with Gasteiger partial charge in [0.1, 0.15) is 11.6 Å². The van der Waals surface area contributed by atoms with E-state index in [9.17, 15) is 4.79 Å². The fourth-order valence-corrected chi connectivity index (χ4v) is 5.21. The minimum absolute atomic E-state index is 0.374. The van der Waals surface area contributed by atoms with Gasteiger partial charge in [-0.15, -0.1) is 10.2 Å². The summed E-state index contributed by atoms with van der Waals surface area (Å²) in [5.74, 6) is 3.61.